The summed E-state index contributed by atoms with van der Waals surface area (Å²) >= 11 is 0. The van der Waals surface area contributed by atoms with E-state index in [0.717, 1.165) is 11.0 Å². The van der Waals surface area contributed by atoms with Crippen molar-refractivity contribution in [1.29, 1.82) is 0 Å². The molecule has 1 aromatic heterocycles. The van der Waals surface area contributed by atoms with Gasteiger partial charge in [0.15, 0.2) is 0 Å². The van der Waals surface area contributed by atoms with E-state index < -0.39 is 6.10 Å². The Morgan fingerprint density at radius 2 is 2.22 bits per heavy atom. The van der Waals surface area contributed by atoms with Crippen LogP contribution in [0.4, 0.5) is 0 Å². The van der Waals surface area contributed by atoms with Crippen molar-refractivity contribution < 1.29 is 14.6 Å². The van der Waals surface area contributed by atoms with Gasteiger partial charge in [0.05, 0.1) is 30.6 Å². The van der Waals surface area contributed by atoms with Crippen molar-refractivity contribution in [1.82, 2.24) is 15.3 Å². The van der Waals surface area contributed by atoms with E-state index in [-0.39, 0.29) is 12.5 Å². The van der Waals surface area contributed by atoms with Crippen LogP contribution in [0.3, 0.4) is 0 Å². The second kappa shape index (κ2) is 6.50. The lowest BCUT2D eigenvalue weighted by Crippen LogP contribution is -2.28. The minimum Gasteiger partial charge on any atom is -0.497 e. The van der Waals surface area contributed by atoms with Crippen LogP contribution in [-0.2, 0) is 0 Å². The number of aliphatic hydroxyl groups excluding tert-OH is 1. The number of nitrogens with one attached hydrogen (secondary N) is 2. The first-order valence-corrected chi connectivity index (χ1v) is 7.21. The Balaban J connectivity index is 1.65. The number of aliphatic hydroxyl groups is 1. The van der Waals surface area contributed by atoms with Crippen LogP contribution in [0.1, 0.15) is 22.0 Å². The fourth-order valence-corrected chi connectivity index (χ4v) is 2.33. The molecule has 0 aliphatic carbocycles. The molecule has 3 N–H and O–H groups in total. The number of methoxy groups -OCH3 is 1. The average Bonchev–Trinajstić information content (AvgIpc) is 3.07. The number of hydrogen-bond donors (Lipinski definition) is 3. The van der Waals surface area contributed by atoms with E-state index in [9.17, 15) is 9.90 Å². The summed E-state index contributed by atoms with van der Waals surface area (Å²) in [6.45, 7) is 0.118. The average molecular weight is 311 g/mol. The lowest BCUT2D eigenvalue weighted by Gasteiger charge is -2.13. The SMILES string of the molecule is COc1cccc(C(O)CNC(=O)c2ccc3nc[nH]c3c2)c1. The van der Waals surface area contributed by atoms with Crippen LogP contribution in [0.2, 0.25) is 0 Å². The number of hydrogen-bond acceptors (Lipinski definition) is 4. The minimum atomic E-state index is -0.801. The predicted octanol–water partition coefficient (Wildman–Crippen LogP) is 2.03. The van der Waals surface area contributed by atoms with Gasteiger partial charge in [-0.3, -0.25) is 4.79 Å². The molecule has 0 bridgehead atoms. The highest BCUT2D eigenvalue weighted by Gasteiger charge is 2.12. The van der Waals surface area contributed by atoms with E-state index in [0.29, 0.717) is 16.9 Å². The molecule has 3 rings (SSSR count). The van der Waals surface area contributed by atoms with Crippen molar-refractivity contribution in [3.8, 4) is 5.75 Å². The van der Waals surface area contributed by atoms with Gasteiger partial charge >= 0.3 is 0 Å². The molecule has 0 saturated carbocycles. The number of H-pyrrole nitrogens is 1. The third-order valence-corrected chi connectivity index (χ3v) is 3.62. The lowest BCUT2D eigenvalue weighted by molar-refractivity contribution is 0.0916. The molecule has 118 valence electrons. The Labute approximate surface area is 133 Å². The summed E-state index contributed by atoms with van der Waals surface area (Å²) in [5, 5.41) is 12.9. The zero-order valence-electron chi connectivity index (χ0n) is 12.6. The Kier molecular flexibility index (Phi) is 4.25. The summed E-state index contributed by atoms with van der Waals surface area (Å²) < 4.78 is 5.13. The van der Waals surface area contributed by atoms with E-state index in [2.05, 4.69) is 15.3 Å². The number of aromatic amines is 1. The number of ether oxygens (including phenoxy) is 1. The number of carbonyl (C=O) groups is 1. The second-order valence-corrected chi connectivity index (χ2v) is 5.14. The van der Waals surface area contributed by atoms with Gasteiger partial charge < -0.3 is 20.1 Å². The van der Waals surface area contributed by atoms with Crippen molar-refractivity contribution in [3.05, 3.63) is 59.9 Å². The molecule has 1 heterocycles. The van der Waals surface area contributed by atoms with Crippen molar-refractivity contribution >= 4 is 16.9 Å². The largest absolute Gasteiger partial charge is 0.497 e. The summed E-state index contributed by atoms with van der Waals surface area (Å²) in [5.74, 6) is 0.418. The molecule has 0 aliphatic rings. The Morgan fingerprint density at radius 3 is 3.04 bits per heavy atom. The van der Waals surface area contributed by atoms with Gasteiger partial charge in [0.2, 0.25) is 0 Å². The molecule has 2 aromatic carbocycles. The maximum Gasteiger partial charge on any atom is 0.251 e. The van der Waals surface area contributed by atoms with Gasteiger partial charge in [-0.05, 0) is 35.9 Å². The zero-order chi connectivity index (χ0) is 16.2. The quantitative estimate of drug-likeness (QED) is 0.673. The van der Waals surface area contributed by atoms with Gasteiger partial charge in [-0.1, -0.05) is 12.1 Å². The molecule has 0 fully saturated rings. The first kappa shape index (κ1) is 15.1. The van der Waals surface area contributed by atoms with E-state index >= 15 is 0 Å². The van der Waals surface area contributed by atoms with Gasteiger partial charge in [-0.15, -0.1) is 0 Å². The maximum atomic E-state index is 12.2. The fraction of sp³-hybridized carbons (Fsp3) is 0.176. The third-order valence-electron chi connectivity index (χ3n) is 3.62. The van der Waals surface area contributed by atoms with E-state index in [1.54, 1.807) is 55.9 Å². The highest BCUT2D eigenvalue weighted by Crippen LogP contribution is 2.18. The number of aromatic nitrogens is 2. The molecule has 0 aliphatic heterocycles. The summed E-state index contributed by atoms with van der Waals surface area (Å²) in [7, 11) is 1.57. The highest BCUT2D eigenvalue weighted by molar-refractivity contribution is 5.97. The number of nitrogens with zero attached hydrogens (tertiary/aromatic N) is 1. The van der Waals surface area contributed by atoms with Crippen LogP contribution in [0, 0.1) is 0 Å². The van der Waals surface area contributed by atoms with Crippen molar-refractivity contribution in [3.63, 3.8) is 0 Å². The predicted molar refractivity (Wildman–Crippen MR) is 86.4 cm³/mol. The topological polar surface area (TPSA) is 87.2 Å². The van der Waals surface area contributed by atoms with Crippen molar-refractivity contribution in [2.45, 2.75) is 6.10 Å². The third kappa shape index (κ3) is 3.32. The summed E-state index contributed by atoms with van der Waals surface area (Å²) in [6.07, 6.45) is 0.781. The smallest absolute Gasteiger partial charge is 0.251 e. The number of imidazole rings is 1. The van der Waals surface area contributed by atoms with Gasteiger partial charge in [0, 0.05) is 12.1 Å². The molecular formula is C17H17N3O3. The van der Waals surface area contributed by atoms with Crippen LogP contribution in [0.5, 0.6) is 5.75 Å². The molecule has 1 atom stereocenters. The van der Waals surface area contributed by atoms with Crippen molar-refractivity contribution in [2.24, 2.45) is 0 Å². The molecule has 0 saturated heterocycles. The number of benzene rings is 2. The van der Waals surface area contributed by atoms with Crippen LogP contribution in [0.15, 0.2) is 48.8 Å². The van der Waals surface area contributed by atoms with Crippen LogP contribution in [0.25, 0.3) is 11.0 Å². The van der Waals surface area contributed by atoms with E-state index in [1.807, 2.05) is 0 Å². The van der Waals surface area contributed by atoms with Gasteiger partial charge in [0.1, 0.15) is 5.75 Å². The standard InChI is InChI=1S/C17H17N3O3/c1-23-13-4-2-3-11(7-13)16(21)9-18-17(22)12-5-6-14-15(8-12)20-10-19-14/h2-8,10,16,21H,9H2,1H3,(H,18,22)(H,19,20). The van der Waals surface area contributed by atoms with Gasteiger partial charge in [-0.2, -0.15) is 0 Å². The highest BCUT2D eigenvalue weighted by atomic mass is 16.5. The zero-order valence-corrected chi connectivity index (χ0v) is 12.6. The lowest BCUT2D eigenvalue weighted by atomic mass is 10.1. The molecule has 0 radical (unpaired) electrons. The molecule has 1 unspecified atom stereocenters. The molecule has 6 nitrogen and oxygen atoms in total. The Hall–Kier alpha value is -2.86. The van der Waals surface area contributed by atoms with Crippen LogP contribution < -0.4 is 10.1 Å². The normalized spacial score (nSPS) is 12.1. The number of carbonyl (C=O) groups excluding carboxylic acids is 1. The van der Waals surface area contributed by atoms with Gasteiger partial charge in [-0.25, -0.2) is 4.98 Å². The molecular weight excluding hydrogens is 294 g/mol. The van der Waals surface area contributed by atoms with Gasteiger partial charge in [0.25, 0.3) is 5.91 Å². The number of fused-ring (bicyclic) bond motifs is 1. The first-order chi connectivity index (χ1) is 11.2. The van der Waals surface area contributed by atoms with Crippen LogP contribution in [-0.4, -0.2) is 34.6 Å². The summed E-state index contributed by atoms with van der Waals surface area (Å²) in [6, 6.07) is 12.3. The van der Waals surface area contributed by atoms with E-state index in [1.165, 1.54) is 0 Å². The molecule has 6 heteroatoms. The van der Waals surface area contributed by atoms with E-state index in [4.69, 9.17) is 4.74 Å². The second-order valence-electron chi connectivity index (χ2n) is 5.14. The fourth-order valence-electron chi connectivity index (χ4n) is 2.33. The van der Waals surface area contributed by atoms with Crippen molar-refractivity contribution in [2.75, 3.05) is 13.7 Å². The first-order valence-electron chi connectivity index (χ1n) is 7.21. The minimum absolute atomic E-state index is 0.118. The molecule has 23 heavy (non-hydrogen) atoms. The molecule has 3 aromatic rings. The monoisotopic (exact) mass is 311 g/mol. The Morgan fingerprint density at radius 1 is 1.35 bits per heavy atom. The Bertz CT molecular complexity index is 829. The summed E-state index contributed by atoms with van der Waals surface area (Å²) in [5.41, 5.74) is 2.80. The maximum absolute atomic E-state index is 12.2. The number of amides is 1. The van der Waals surface area contributed by atoms with Crippen LogP contribution >= 0.6 is 0 Å². The molecule has 0 spiro atoms. The summed E-state index contributed by atoms with van der Waals surface area (Å²) in [4.78, 5) is 19.3. The molecule has 1 amide bonds. The number of rotatable bonds is 5.